The average molecular weight is 415 g/mol. The summed E-state index contributed by atoms with van der Waals surface area (Å²) in [6.07, 6.45) is 4.86. The standard InChI is InChI=1S/C19H34N4O6/c20-19(27)15-3-5-16(6-4-15)23-18(26)7-10-28-12-13-29-11-9-22-17(25)2-1-8-21-14-24/h14-16H,1-13H2,(H2,20,27)(H,21,24)(H,22,25)(H,23,26). The number of rotatable bonds is 16. The van der Waals surface area contributed by atoms with Crippen LogP contribution < -0.4 is 21.7 Å². The SMILES string of the molecule is NC(=O)C1CCC(NC(=O)CCOCCOCCNC(=O)CCCNC=O)CC1. The van der Waals surface area contributed by atoms with E-state index in [0.29, 0.717) is 58.8 Å². The molecular formula is C19H34N4O6. The first-order valence-corrected chi connectivity index (χ1v) is 10.2. The zero-order valence-corrected chi connectivity index (χ0v) is 17.0. The van der Waals surface area contributed by atoms with Crippen LogP contribution in [0.4, 0.5) is 0 Å². The Kier molecular flexibility index (Phi) is 13.4. The zero-order valence-electron chi connectivity index (χ0n) is 17.0. The van der Waals surface area contributed by atoms with Gasteiger partial charge in [0.1, 0.15) is 0 Å². The summed E-state index contributed by atoms with van der Waals surface area (Å²) in [6, 6.07) is 0.109. The number of hydrogen-bond donors (Lipinski definition) is 4. The molecule has 1 fully saturated rings. The molecule has 0 aromatic heterocycles. The molecule has 5 N–H and O–H groups in total. The first kappa shape index (κ1) is 24.8. The van der Waals surface area contributed by atoms with E-state index in [4.69, 9.17) is 15.2 Å². The lowest BCUT2D eigenvalue weighted by Crippen LogP contribution is -2.40. The summed E-state index contributed by atoms with van der Waals surface area (Å²) >= 11 is 0. The summed E-state index contributed by atoms with van der Waals surface area (Å²) in [7, 11) is 0. The fourth-order valence-electron chi connectivity index (χ4n) is 3.07. The van der Waals surface area contributed by atoms with Crippen LogP contribution in [0.2, 0.25) is 0 Å². The lowest BCUT2D eigenvalue weighted by molar-refractivity contribution is -0.124. The lowest BCUT2D eigenvalue weighted by atomic mass is 9.85. The molecule has 1 aliphatic carbocycles. The highest BCUT2D eigenvalue weighted by Crippen LogP contribution is 2.23. The van der Waals surface area contributed by atoms with E-state index in [1.165, 1.54) is 0 Å². The monoisotopic (exact) mass is 414 g/mol. The minimum atomic E-state index is -0.253. The van der Waals surface area contributed by atoms with Crippen molar-refractivity contribution in [3.8, 4) is 0 Å². The summed E-state index contributed by atoms with van der Waals surface area (Å²) in [5.41, 5.74) is 5.30. The van der Waals surface area contributed by atoms with Gasteiger partial charge >= 0.3 is 0 Å². The minimum Gasteiger partial charge on any atom is -0.379 e. The number of ether oxygens (including phenoxy) is 2. The Morgan fingerprint density at radius 2 is 1.59 bits per heavy atom. The first-order chi connectivity index (χ1) is 14.0. The smallest absolute Gasteiger partial charge is 0.222 e. The molecule has 10 heteroatoms. The van der Waals surface area contributed by atoms with Gasteiger partial charge in [0.25, 0.3) is 0 Å². The maximum absolute atomic E-state index is 11.9. The molecule has 0 radical (unpaired) electrons. The van der Waals surface area contributed by atoms with Gasteiger partial charge in [0.2, 0.25) is 24.1 Å². The number of hydrogen-bond acceptors (Lipinski definition) is 6. The van der Waals surface area contributed by atoms with Crippen LogP contribution in [-0.4, -0.2) is 69.7 Å². The van der Waals surface area contributed by atoms with Crippen molar-refractivity contribution in [3.63, 3.8) is 0 Å². The summed E-state index contributed by atoms with van der Waals surface area (Å²) in [5, 5.41) is 8.19. The molecule has 0 unspecified atom stereocenters. The largest absolute Gasteiger partial charge is 0.379 e. The van der Waals surface area contributed by atoms with Crippen LogP contribution in [0.1, 0.15) is 44.9 Å². The highest BCUT2D eigenvalue weighted by molar-refractivity contribution is 5.77. The summed E-state index contributed by atoms with van der Waals surface area (Å²) < 4.78 is 10.7. The van der Waals surface area contributed by atoms with Crippen LogP contribution in [0.25, 0.3) is 0 Å². The Morgan fingerprint density at radius 3 is 2.24 bits per heavy atom. The second kappa shape index (κ2) is 15.7. The Morgan fingerprint density at radius 1 is 0.897 bits per heavy atom. The Hall–Kier alpha value is -2.20. The number of primary amides is 1. The maximum atomic E-state index is 11.9. The van der Waals surface area contributed by atoms with Gasteiger partial charge < -0.3 is 31.2 Å². The predicted molar refractivity (Wildman–Crippen MR) is 106 cm³/mol. The van der Waals surface area contributed by atoms with Crippen LogP contribution in [0.15, 0.2) is 0 Å². The fourth-order valence-corrected chi connectivity index (χ4v) is 3.07. The molecule has 0 bridgehead atoms. The molecule has 1 rings (SSSR count). The van der Waals surface area contributed by atoms with E-state index >= 15 is 0 Å². The van der Waals surface area contributed by atoms with Gasteiger partial charge in [0.15, 0.2) is 0 Å². The third kappa shape index (κ3) is 12.8. The summed E-state index contributed by atoms with van der Waals surface area (Å²) in [6.45, 7) is 2.37. The molecule has 0 atom stereocenters. The van der Waals surface area contributed by atoms with Crippen LogP contribution >= 0.6 is 0 Å². The van der Waals surface area contributed by atoms with Crippen molar-refractivity contribution < 1.29 is 28.7 Å². The van der Waals surface area contributed by atoms with Gasteiger partial charge in [-0.1, -0.05) is 0 Å². The highest BCUT2D eigenvalue weighted by atomic mass is 16.5. The number of nitrogens with one attached hydrogen (secondary N) is 3. The van der Waals surface area contributed by atoms with Crippen LogP contribution in [0.5, 0.6) is 0 Å². The van der Waals surface area contributed by atoms with Gasteiger partial charge in [0.05, 0.1) is 26.4 Å². The quantitative estimate of drug-likeness (QED) is 0.192. The third-order valence-electron chi connectivity index (χ3n) is 4.72. The van der Waals surface area contributed by atoms with Crippen molar-refractivity contribution in [2.75, 3.05) is 39.5 Å². The zero-order chi connectivity index (χ0) is 21.3. The second-order valence-corrected chi connectivity index (χ2v) is 7.02. The average Bonchev–Trinajstić information content (AvgIpc) is 2.70. The van der Waals surface area contributed by atoms with Crippen molar-refractivity contribution in [2.45, 2.75) is 51.0 Å². The molecule has 0 saturated heterocycles. The first-order valence-electron chi connectivity index (χ1n) is 10.2. The number of carbonyl (C=O) groups is 4. The number of carbonyl (C=O) groups excluding carboxylic acids is 4. The van der Waals surface area contributed by atoms with Crippen LogP contribution in [0, 0.1) is 5.92 Å². The Bertz CT molecular complexity index is 509. The normalized spacial score (nSPS) is 18.6. The molecule has 0 aliphatic heterocycles. The maximum Gasteiger partial charge on any atom is 0.222 e. The van der Waals surface area contributed by atoms with E-state index in [1.54, 1.807) is 0 Å². The van der Waals surface area contributed by atoms with Crippen LogP contribution in [-0.2, 0) is 28.7 Å². The van der Waals surface area contributed by atoms with Crippen LogP contribution in [0.3, 0.4) is 0 Å². The molecule has 0 aromatic rings. The van der Waals surface area contributed by atoms with Gasteiger partial charge in [-0.05, 0) is 32.1 Å². The Labute approximate surface area is 171 Å². The van der Waals surface area contributed by atoms with E-state index in [2.05, 4.69) is 16.0 Å². The van der Waals surface area contributed by atoms with Gasteiger partial charge in [-0.25, -0.2) is 0 Å². The van der Waals surface area contributed by atoms with Gasteiger partial charge in [-0.15, -0.1) is 0 Å². The minimum absolute atomic E-state index is 0.0560. The van der Waals surface area contributed by atoms with Crippen molar-refractivity contribution in [1.29, 1.82) is 0 Å². The molecular weight excluding hydrogens is 380 g/mol. The molecule has 0 aromatic carbocycles. The predicted octanol–water partition coefficient (Wildman–Crippen LogP) is -0.788. The third-order valence-corrected chi connectivity index (χ3v) is 4.72. The van der Waals surface area contributed by atoms with E-state index in [0.717, 1.165) is 25.7 Å². The van der Waals surface area contributed by atoms with Gasteiger partial charge in [0, 0.05) is 37.9 Å². The molecule has 166 valence electrons. The van der Waals surface area contributed by atoms with Crippen molar-refractivity contribution in [2.24, 2.45) is 11.7 Å². The molecule has 0 heterocycles. The summed E-state index contributed by atoms with van der Waals surface area (Å²) in [5.74, 6) is -0.451. The molecule has 10 nitrogen and oxygen atoms in total. The van der Waals surface area contributed by atoms with E-state index in [1.807, 2.05) is 0 Å². The van der Waals surface area contributed by atoms with Gasteiger partial charge in [-0.3, -0.25) is 19.2 Å². The molecule has 29 heavy (non-hydrogen) atoms. The van der Waals surface area contributed by atoms with E-state index in [-0.39, 0.29) is 36.1 Å². The van der Waals surface area contributed by atoms with Gasteiger partial charge in [-0.2, -0.15) is 0 Å². The fraction of sp³-hybridized carbons (Fsp3) is 0.789. The van der Waals surface area contributed by atoms with Crippen molar-refractivity contribution in [1.82, 2.24) is 16.0 Å². The van der Waals surface area contributed by atoms with E-state index < -0.39 is 0 Å². The molecule has 1 saturated carbocycles. The topological polar surface area (TPSA) is 149 Å². The molecule has 1 aliphatic rings. The highest BCUT2D eigenvalue weighted by Gasteiger charge is 2.25. The number of amides is 4. The van der Waals surface area contributed by atoms with Crippen molar-refractivity contribution in [3.05, 3.63) is 0 Å². The van der Waals surface area contributed by atoms with E-state index in [9.17, 15) is 19.2 Å². The number of nitrogens with two attached hydrogens (primary N) is 1. The summed E-state index contributed by atoms with van der Waals surface area (Å²) in [4.78, 5) is 44.6. The molecule has 4 amide bonds. The Balaban J connectivity index is 1.88. The lowest BCUT2D eigenvalue weighted by Gasteiger charge is -2.27. The second-order valence-electron chi connectivity index (χ2n) is 7.02. The van der Waals surface area contributed by atoms with Crippen molar-refractivity contribution >= 4 is 24.1 Å². The molecule has 0 spiro atoms.